The highest BCUT2D eigenvalue weighted by Gasteiger charge is 1.98. The van der Waals surface area contributed by atoms with Crippen LogP contribution < -0.4 is 0 Å². The maximum absolute atomic E-state index is 2.45. The lowest BCUT2D eigenvalue weighted by Gasteiger charge is -2.02. The topological polar surface area (TPSA) is 0 Å². The molecule has 0 bridgehead atoms. The fourth-order valence-electron chi connectivity index (χ4n) is 1.37. The molecule has 0 aliphatic rings. The van der Waals surface area contributed by atoms with Crippen molar-refractivity contribution in [1.82, 2.24) is 0 Å². The van der Waals surface area contributed by atoms with Crippen LogP contribution in [0.5, 0.6) is 0 Å². The van der Waals surface area contributed by atoms with Gasteiger partial charge in [0.25, 0.3) is 0 Å². The van der Waals surface area contributed by atoms with Crippen LogP contribution in [0.2, 0.25) is 12.1 Å². The van der Waals surface area contributed by atoms with Crippen LogP contribution in [-0.4, -0.2) is 8.80 Å². The van der Waals surface area contributed by atoms with E-state index in [4.69, 9.17) is 0 Å². The normalized spacial score (nSPS) is 11.3. The molecule has 70 valence electrons. The van der Waals surface area contributed by atoms with Crippen LogP contribution in [0.15, 0.2) is 36.0 Å². The number of benzene rings is 1. The van der Waals surface area contributed by atoms with E-state index in [0.29, 0.717) is 0 Å². The van der Waals surface area contributed by atoms with Crippen molar-refractivity contribution in [2.45, 2.75) is 25.9 Å². The van der Waals surface area contributed by atoms with Gasteiger partial charge in [0.15, 0.2) is 0 Å². The highest BCUT2D eigenvalue weighted by atomic mass is 28.3. The molecule has 1 heteroatoms. The van der Waals surface area contributed by atoms with Crippen LogP contribution in [-0.2, 0) is 0 Å². The molecule has 0 saturated heterocycles. The van der Waals surface area contributed by atoms with E-state index in [1.54, 1.807) is 0 Å². The van der Waals surface area contributed by atoms with Crippen LogP contribution in [0, 0.1) is 0 Å². The van der Waals surface area contributed by atoms with E-state index in [9.17, 15) is 0 Å². The summed E-state index contributed by atoms with van der Waals surface area (Å²) in [6.07, 6.45) is 2.28. The van der Waals surface area contributed by atoms with E-state index in [-0.39, 0.29) is 0 Å². The molecule has 0 heterocycles. The number of hydrogen-bond acceptors (Lipinski definition) is 0. The Kier molecular flexibility index (Phi) is 4.55. The van der Waals surface area contributed by atoms with E-state index < -0.39 is 8.80 Å². The maximum atomic E-state index is 2.45. The highest BCUT2D eigenvalue weighted by molar-refractivity contribution is 6.64. The molecule has 0 amide bonds. The molecule has 1 rings (SSSR count). The SMILES string of the molecule is CC[SiH](C=Cc1ccccc1)CC. The summed E-state index contributed by atoms with van der Waals surface area (Å²) in [4.78, 5) is 0. The van der Waals surface area contributed by atoms with Crippen LogP contribution in [0.25, 0.3) is 6.08 Å². The minimum atomic E-state index is -0.542. The second-order valence-corrected chi connectivity index (χ2v) is 6.88. The van der Waals surface area contributed by atoms with Crippen LogP contribution in [0.4, 0.5) is 0 Å². The van der Waals surface area contributed by atoms with Crippen LogP contribution >= 0.6 is 0 Å². The van der Waals surface area contributed by atoms with Crippen molar-refractivity contribution >= 4 is 14.9 Å². The van der Waals surface area contributed by atoms with Crippen molar-refractivity contribution in [3.63, 3.8) is 0 Å². The summed E-state index contributed by atoms with van der Waals surface area (Å²) in [5.41, 5.74) is 3.79. The zero-order chi connectivity index (χ0) is 9.52. The van der Waals surface area contributed by atoms with Crippen molar-refractivity contribution in [2.75, 3.05) is 0 Å². The first-order valence-electron chi connectivity index (χ1n) is 5.10. The molecule has 0 N–H and O–H groups in total. The summed E-state index contributed by atoms with van der Waals surface area (Å²) in [5.74, 6) is 0. The largest absolute Gasteiger partial charge is 0.0971 e. The van der Waals surface area contributed by atoms with Gasteiger partial charge < -0.3 is 0 Å². The summed E-state index contributed by atoms with van der Waals surface area (Å²) in [7, 11) is -0.542. The van der Waals surface area contributed by atoms with Gasteiger partial charge in [0.2, 0.25) is 0 Å². The lowest BCUT2D eigenvalue weighted by atomic mass is 10.2. The minimum absolute atomic E-state index is 0.542. The first-order valence-corrected chi connectivity index (χ1v) is 7.40. The molecular formula is C12H18Si. The molecule has 0 saturated carbocycles. The quantitative estimate of drug-likeness (QED) is 0.637. The van der Waals surface area contributed by atoms with Gasteiger partial charge in [0, 0.05) is 0 Å². The van der Waals surface area contributed by atoms with Gasteiger partial charge in [-0.25, -0.2) is 0 Å². The van der Waals surface area contributed by atoms with Crippen LogP contribution in [0.1, 0.15) is 19.4 Å². The van der Waals surface area contributed by atoms with Gasteiger partial charge in [-0.3, -0.25) is 0 Å². The molecule has 0 unspecified atom stereocenters. The second kappa shape index (κ2) is 5.76. The van der Waals surface area contributed by atoms with Gasteiger partial charge in [0.05, 0.1) is 8.80 Å². The molecule has 0 fully saturated rings. The average Bonchev–Trinajstić information content (AvgIpc) is 2.21. The predicted molar refractivity (Wildman–Crippen MR) is 63.6 cm³/mol. The maximum Gasteiger partial charge on any atom is 0.0610 e. The van der Waals surface area contributed by atoms with Crippen molar-refractivity contribution in [2.24, 2.45) is 0 Å². The third kappa shape index (κ3) is 3.60. The van der Waals surface area contributed by atoms with E-state index in [2.05, 4.69) is 56.0 Å². The van der Waals surface area contributed by atoms with E-state index >= 15 is 0 Å². The summed E-state index contributed by atoms with van der Waals surface area (Å²) < 4.78 is 0. The van der Waals surface area contributed by atoms with Crippen molar-refractivity contribution in [1.29, 1.82) is 0 Å². The van der Waals surface area contributed by atoms with Crippen molar-refractivity contribution in [3.8, 4) is 0 Å². The third-order valence-electron chi connectivity index (χ3n) is 2.41. The molecule has 0 radical (unpaired) electrons. The standard InChI is InChI=1S/C12H18Si/c1-3-13(4-2)11-10-12-8-6-5-7-9-12/h5-11,13H,3-4H2,1-2H3. The molecule has 0 aliphatic heterocycles. The fourth-order valence-corrected chi connectivity index (χ4v) is 2.99. The predicted octanol–water partition coefficient (Wildman–Crippen LogP) is 3.51. The molecule has 0 aromatic heterocycles. The molecule has 0 nitrogen and oxygen atoms in total. The average molecular weight is 190 g/mol. The summed E-state index contributed by atoms with van der Waals surface area (Å²) in [6, 6.07) is 13.3. The Labute approximate surface area is 82.9 Å². The van der Waals surface area contributed by atoms with Gasteiger partial charge in [-0.1, -0.05) is 68.0 Å². The monoisotopic (exact) mass is 190 g/mol. The Morgan fingerprint density at radius 3 is 2.23 bits per heavy atom. The van der Waals surface area contributed by atoms with Crippen LogP contribution in [0.3, 0.4) is 0 Å². The summed E-state index contributed by atoms with van der Waals surface area (Å²) in [6.45, 7) is 4.60. The third-order valence-corrected chi connectivity index (χ3v) is 5.24. The smallest absolute Gasteiger partial charge is 0.0610 e. The Hall–Kier alpha value is -0.823. The molecule has 0 spiro atoms. The van der Waals surface area contributed by atoms with Gasteiger partial charge in [-0.05, 0) is 5.56 Å². The molecule has 0 atom stereocenters. The minimum Gasteiger partial charge on any atom is -0.0971 e. The van der Waals surface area contributed by atoms with Gasteiger partial charge in [-0.2, -0.15) is 0 Å². The van der Waals surface area contributed by atoms with Crippen molar-refractivity contribution in [3.05, 3.63) is 41.6 Å². The first kappa shape index (κ1) is 10.3. The van der Waals surface area contributed by atoms with E-state index in [1.807, 2.05) is 0 Å². The Morgan fingerprint density at radius 1 is 1.08 bits per heavy atom. The fraction of sp³-hybridized carbons (Fsp3) is 0.333. The Bertz CT molecular complexity index is 247. The molecule has 13 heavy (non-hydrogen) atoms. The Balaban J connectivity index is 2.57. The van der Waals surface area contributed by atoms with Gasteiger partial charge >= 0.3 is 0 Å². The zero-order valence-electron chi connectivity index (χ0n) is 8.53. The highest BCUT2D eigenvalue weighted by Crippen LogP contribution is 2.05. The van der Waals surface area contributed by atoms with Crippen molar-refractivity contribution < 1.29 is 0 Å². The molecule has 1 aromatic rings. The zero-order valence-corrected chi connectivity index (χ0v) is 9.69. The van der Waals surface area contributed by atoms with E-state index in [1.165, 1.54) is 17.7 Å². The number of rotatable bonds is 4. The number of hydrogen-bond donors (Lipinski definition) is 0. The lowest BCUT2D eigenvalue weighted by Crippen LogP contribution is -2.03. The van der Waals surface area contributed by atoms with Gasteiger partial charge in [-0.15, -0.1) is 0 Å². The molecule has 0 aliphatic carbocycles. The first-order chi connectivity index (χ1) is 6.36. The second-order valence-electron chi connectivity index (χ2n) is 3.35. The summed E-state index contributed by atoms with van der Waals surface area (Å²) in [5, 5.41) is 0. The Morgan fingerprint density at radius 2 is 1.69 bits per heavy atom. The lowest BCUT2D eigenvalue weighted by molar-refractivity contribution is 1.33. The molecule has 1 aromatic carbocycles. The summed E-state index contributed by atoms with van der Waals surface area (Å²) >= 11 is 0. The van der Waals surface area contributed by atoms with E-state index in [0.717, 1.165) is 0 Å². The molecular weight excluding hydrogens is 172 g/mol. The van der Waals surface area contributed by atoms with Gasteiger partial charge in [0.1, 0.15) is 0 Å².